The van der Waals surface area contributed by atoms with E-state index in [-0.39, 0.29) is 22.9 Å². The van der Waals surface area contributed by atoms with Crippen molar-refractivity contribution in [2.24, 2.45) is 16.5 Å². The molecule has 0 radical (unpaired) electrons. The minimum atomic E-state index is -0.409. The number of nitrogens with two attached hydrogens (primary N) is 2. The van der Waals surface area contributed by atoms with E-state index < -0.39 is 5.13 Å². The second-order valence-corrected chi connectivity index (χ2v) is 12.3. The first-order chi connectivity index (χ1) is 23.1. The van der Waals surface area contributed by atoms with Gasteiger partial charge in [0.15, 0.2) is 16.8 Å². The van der Waals surface area contributed by atoms with Gasteiger partial charge in [-0.3, -0.25) is 5.41 Å². The number of nitrogens with zero attached hydrogens (tertiary/aromatic N) is 5. The molecule has 5 N–H and O–H groups in total. The second kappa shape index (κ2) is 22.0. The van der Waals surface area contributed by atoms with Crippen molar-refractivity contribution in [3.8, 4) is 6.07 Å². The number of aliphatic imine (C=N–C) groups is 1. The molecule has 264 valence electrons. The van der Waals surface area contributed by atoms with Crippen molar-refractivity contribution in [3.05, 3.63) is 73.9 Å². The van der Waals surface area contributed by atoms with E-state index in [0.29, 0.717) is 29.8 Å². The van der Waals surface area contributed by atoms with E-state index in [1.54, 1.807) is 6.08 Å². The third kappa shape index (κ3) is 11.2. The van der Waals surface area contributed by atoms with Crippen molar-refractivity contribution in [2.45, 2.75) is 125 Å². The fraction of sp³-hybridized carbons (Fsp3) is 0.553. The van der Waals surface area contributed by atoms with Crippen LogP contribution >= 0.6 is 11.3 Å². The quantitative estimate of drug-likeness (QED) is 0.160. The Morgan fingerprint density at radius 3 is 2.46 bits per heavy atom. The fourth-order valence-electron chi connectivity index (χ4n) is 6.03. The highest BCUT2D eigenvalue weighted by atomic mass is 32.1. The minimum Gasteiger partial charge on any atom is -0.398 e. The van der Waals surface area contributed by atoms with E-state index in [1.807, 2.05) is 54.5 Å². The molecule has 1 aliphatic heterocycles. The molecule has 1 saturated heterocycles. The smallest absolute Gasteiger partial charge is 0.194 e. The summed E-state index contributed by atoms with van der Waals surface area (Å²) < 4.78 is 14.7. The Morgan fingerprint density at radius 1 is 1.19 bits per heavy atom. The lowest BCUT2D eigenvalue weighted by Crippen LogP contribution is -2.25. The number of nitriles is 1. The van der Waals surface area contributed by atoms with Gasteiger partial charge in [-0.15, -0.1) is 11.3 Å². The number of allylic oxidation sites excluding steroid dienone is 3. The first-order valence-corrected chi connectivity index (χ1v) is 18.5. The van der Waals surface area contributed by atoms with Crippen LogP contribution in [0.2, 0.25) is 0 Å². The van der Waals surface area contributed by atoms with Crippen LogP contribution in [0.3, 0.4) is 0 Å². The lowest BCUT2D eigenvalue weighted by atomic mass is 9.78. The summed E-state index contributed by atoms with van der Waals surface area (Å²) in [7, 11) is 2.16. The minimum absolute atomic E-state index is 0.109. The Bertz CT molecular complexity index is 1480. The van der Waals surface area contributed by atoms with Crippen LogP contribution in [0.1, 0.15) is 134 Å². The summed E-state index contributed by atoms with van der Waals surface area (Å²) in [5.74, 6) is 0.642. The summed E-state index contributed by atoms with van der Waals surface area (Å²) in [5, 5.41) is 18.6. The third-order valence-corrected chi connectivity index (χ3v) is 9.42. The highest BCUT2D eigenvalue weighted by Gasteiger charge is 2.31. The number of hydrogen-bond acceptors (Lipinski definition) is 9. The predicted molar refractivity (Wildman–Crippen MR) is 203 cm³/mol. The zero-order valence-electron chi connectivity index (χ0n) is 30.8. The molecule has 0 saturated carbocycles. The van der Waals surface area contributed by atoms with Crippen molar-refractivity contribution in [3.63, 3.8) is 0 Å². The van der Waals surface area contributed by atoms with Crippen molar-refractivity contribution in [1.29, 1.82) is 10.7 Å². The van der Waals surface area contributed by atoms with Crippen molar-refractivity contribution in [2.75, 3.05) is 13.6 Å². The van der Waals surface area contributed by atoms with Gasteiger partial charge in [-0.05, 0) is 89.1 Å². The number of likely N-dealkylation sites (tertiary alicyclic amines) is 1. The molecule has 0 spiro atoms. The number of rotatable bonds is 11. The molecule has 10 heteroatoms. The van der Waals surface area contributed by atoms with Crippen molar-refractivity contribution in [1.82, 2.24) is 14.9 Å². The normalized spacial score (nSPS) is 17.8. The van der Waals surface area contributed by atoms with E-state index in [9.17, 15) is 15.1 Å². The largest absolute Gasteiger partial charge is 0.398 e. The van der Waals surface area contributed by atoms with Gasteiger partial charge in [0.25, 0.3) is 0 Å². The molecular weight excluding hydrogens is 620 g/mol. The van der Waals surface area contributed by atoms with Crippen LogP contribution < -0.4 is 11.5 Å². The van der Waals surface area contributed by atoms with Gasteiger partial charge in [0.05, 0.1) is 5.70 Å². The van der Waals surface area contributed by atoms with E-state index in [2.05, 4.69) is 41.5 Å². The average Bonchev–Trinajstić information content (AvgIpc) is 3.68. The lowest BCUT2D eigenvalue weighted by Gasteiger charge is -2.26. The van der Waals surface area contributed by atoms with Crippen LogP contribution in [0, 0.1) is 21.9 Å². The fourth-order valence-corrected chi connectivity index (χ4v) is 7.10. The van der Waals surface area contributed by atoms with E-state index >= 15 is 0 Å². The lowest BCUT2D eigenvalue weighted by molar-refractivity contribution is 0.296. The van der Waals surface area contributed by atoms with Gasteiger partial charge in [0.2, 0.25) is 0 Å². The Kier molecular flexibility index (Phi) is 19.4. The standard InChI is InChI=1S/C32H41FN8S.3C2H6/c1-5-8-24(19(2)23-10-6-11-27-29(23)25(18-34)31(33)42-27)30(37)32-39-21(12-13-22-9-7-16-41(22)4)17-28(40-32)38-15-14-26(36)20(3)35;3*1-2/h14-15,17,22-23,37H,3,5-13,16,35-36H2,1-2,4H3;3*1-2H3/b24-19+,26-14-,37-30?,38-15?;;;/t22?,23-;;;/m1.../s1. The summed E-state index contributed by atoms with van der Waals surface area (Å²) in [6, 6.07) is 4.47. The zero-order valence-corrected chi connectivity index (χ0v) is 31.7. The maximum absolute atomic E-state index is 14.7. The van der Waals surface area contributed by atoms with E-state index in [4.69, 9.17) is 16.5 Å². The predicted octanol–water partition coefficient (Wildman–Crippen LogP) is 9.28. The SMILES string of the molecule is C=C(N)/C(N)=C/C=Nc1cc(CCC2CCCN2C)nc(C(=N)/C(CCC)=C(\C)[C@H]2CCCc3sc(F)c(C#N)c32)n1.CC.CC.CC. The summed E-state index contributed by atoms with van der Waals surface area (Å²) in [6.07, 6.45) is 11.2. The Labute approximate surface area is 293 Å². The molecule has 2 atom stereocenters. The number of aromatic nitrogens is 2. The van der Waals surface area contributed by atoms with Crippen molar-refractivity contribution >= 4 is 29.1 Å². The third-order valence-electron chi connectivity index (χ3n) is 8.36. The van der Waals surface area contributed by atoms with Gasteiger partial charge < -0.3 is 16.4 Å². The molecule has 8 nitrogen and oxygen atoms in total. The highest BCUT2D eigenvalue weighted by molar-refractivity contribution is 7.10. The molecular formula is C38H59FN8S. The Hall–Kier alpha value is -3.68. The Morgan fingerprint density at radius 2 is 1.88 bits per heavy atom. The molecule has 3 heterocycles. The van der Waals surface area contributed by atoms with Gasteiger partial charge in [-0.25, -0.2) is 15.0 Å². The molecule has 2 aromatic rings. The van der Waals surface area contributed by atoms with Gasteiger partial charge in [0, 0.05) is 40.5 Å². The van der Waals surface area contributed by atoms with Gasteiger partial charge >= 0.3 is 0 Å². The number of fused-ring (bicyclic) bond motifs is 1. The van der Waals surface area contributed by atoms with Gasteiger partial charge in [0.1, 0.15) is 17.3 Å². The highest BCUT2D eigenvalue weighted by Crippen LogP contribution is 2.44. The molecule has 0 amide bonds. The summed E-state index contributed by atoms with van der Waals surface area (Å²) in [4.78, 5) is 17.4. The molecule has 0 aromatic carbocycles. The number of hydrogen-bond donors (Lipinski definition) is 3. The summed E-state index contributed by atoms with van der Waals surface area (Å²) >= 11 is 1.09. The van der Waals surface area contributed by atoms with Crippen LogP contribution in [-0.4, -0.2) is 46.4 Å². The Balaban J connectivity index is 0.00000182. The number of thiophene rings is 1. The molecule has 1 aliphatic carbocycles. The molecule has 4 rings (SSSR count). The molecule has 0 bridgehead atoms. The summed E-state index contributed by atoms with van der Waals surface area (Å²) in [6.45, 7) is 20.8. The topological polar surface area (TPSA) is 141 Å². The number of nitrogens with one attached hydrogen (secondary N) is 1. The van der Waals surface area contributed by atoms with Crippen molar-refractivity contribution < 1.29 is 4.39 Å². The maximum atomic E-state index is 14.7. The molecule has 1 unspecified atom stereocenters. The van der Waals surface area contributed by atoms with Gasteiger partial charge in [-0.2, -0.15) is 9.65 Å². The zero-order chi connectivity index (χ0) is 36.4. The van der Waals surface area contributed by atoms with Crippen LogP contribution in [0.4, 0.5) is 10.2 Å². The maximum Gasteiger partial charge on any atom is 0.194 e. The second-order valence-electron chi connectivity index (χ2n) is 11.2. The van der Waals surface area contributed by atoms with Crippen LogP contribution in [0.5, 0.6) is 0 Å². The monoisotopic (exact) mass is 678 g/mol. The van der Waals surface area contributed by atoms with Crippen LogP contribution in [0.25, 0.3) is 0 Å². The molecule has 2 aliphatic rings. The number of halogens is 1. The van der Waals surface area contributed by atoms with E-state index in [1.165, 1.54) is 19.1 Å². The average molecular weight is 679 g/mol. The molecule has 2 aromatic heterocycles. The van der Waals surface area contributed by atoms with Crippen LogP contribution in [0.15, 0.2) is 46.3 Å². The van der Waals surface area contributed by atoms with Crippen LogP contribution in [-0.2, 0) is 12.8 Å². The first-order valence-electron chi connectivity index (χ1n) is 17.7. The molecule has 48 heavy (non-hydrogen) atoms. The molecule has 1 fully saturated rings. The summed E-state index contributed by atoms with van der Waals surface area (Å²) in [5.41, 5.74) is 16.0. The number of aryl methyl sites for hydroxylation is 2. The van der Waals surface area contributed by atoms with E-state index in [0.717, 1.165) is 83.7 Å². The first kappa shape index (κ1) is 42.3. The van der Waals surface area contributed by atoms with Gasteiger partial charge in [-0.1, -0.05) is 67.0 Å².